The minimum Gasteiger partial charge on any atom is -0.391 e. The molecule has 2 aromatic carbocycles. The molecule has 2 aliphatic heterocycles. The van der Waals surface area contributed by atoms with Gasteiger partial charge in [-0.2, -0.15) is 0 Å². The SMILES string of the molecule is CC(O)C12COC(c3cccc(F)c3)N1C(c1cccc(F)c1)OC2. The van der Waals surface area contributed by atoms with E-state index < -0.39 is 24.1 Å². The molecule has 6 heteroatoms. The zero-order valence-corrected chi connectivity index (χ0v) is 13.7. The monoisotopic (exact) mass is 347 g/mol. The number of rotatable bonds is 3. The van der Waals surface area contributed by atoms with Crippen LogP contribution in [0.3, 0.4) is 0 Å². The van der Waals surface area contributed by atoms with Gasteiger partial charge < -0.3 is 14.6 Å². The van der Waals surface area contributed by atoms with Crippen molar-refractivity contribution in [2.24, 2.45) is 0 Å². The molecule has 2 aromatic rings. The molecular formula is C19H19F2NO3. The Morgan fingerprint density at radius 1 is 1.00 bits per heavy atom. The third kappa shape index (κ3) is 2.66. The van der Waals surface area contributed by atoms with Crippen molar-refractivity contribution in [2.75, 3.05) is 13.2 Å². The molecule has 2 fully saturated rings. The Kier molecular flexibility index (Phi) is 4.08. The summed E-state index contributed by atoms with van der Waals surface area (Å²) < 4.78 is 39.2. The Morgan fingerprint density at radius 2 is 1.48 bits per heavy atom. The minimum atomic E-state index is -0.756. The smallest absolute Gasteiger partial charge is 0.139 e. The number of hydrogen-bond acceptors (Lipinski definition) is 4. The van der Waals surface area contributed by atoms with Crippen LogP contribution in [0, 0.1) is 11.6 Å². The molecule has 0 aromatic heterocycles. The quantitative estimate of drug-likeness (QED) is 0.926. The van der Waals surface area contributed by atoms with Gasteiger partial charge in [0.15, 0.2) is 0 Å². The second kappa shape index (κ2) is 6.14. The van der Waals surface area contributed by atoms with E-state index in [0.29, 0.717) is 11.1 Å². The Balaban J connectivity index is 1.77. The first kappa shape index (κ1) is 16.6. The van der Waals surface area contributed by atoms with Gasteiger partial charge in [0, 0.05) is 0 Å². The Labute approximate surface area is 144 Å². The molecule has 0 aliphatic carbocycles. The van der Waals surface area contributed by atoms with E-state index in [2.05, 4.69) is 0 Å². The fraction of sp³-hybridized carbons (Fsp3) is 0.368. The van der Waals surface area contributed by atoms with E-state index in [0.717, 1.165) is 0 Å². The number of benzene rings is 2. The molecule has 4 nitrogen and oxygen atoms in total. The topological polar surface area (TPSA) is 41.9 Å². The molecule has 1 N–H and O–H groups in total. The van der Waals surface area contributed by atoms with Crippen molar-refractivity contribution in [3.63, 3.8) is 0 Å². The lowest BCUT2D eigenvalue weighted by molar-refractivity contribution is -0.0656. The van der Waals surface area contributed by atoms with Crippen LogP contribution in [0.2, 0.25) is 0 Å². The maximum absolute atomic E-state index is 13.7. The summed E-state index contributed by atoms with van der Waals surface area (Å²) in [6, 6.07) is 12.3. The molecule has 0 bridgehead atoms. The van der Waals surface area contributed by atoms with Crippen molar-refractivity contribution in [3.05, 3.63) is 71.3 Å². The van der Waals surface area contributed by atoms with Crippen molar-refractivity contribution in [1.82, 2.24) is 4.90 Å². The summed E-state index contributed by atoms with van der Waals surface area (Å²) in [7, 11) is 0. The summed E-state index contributed by atoms with van der Waals surface area (Å²) in [4.78, 5) is 1.89. The average molecular weight is 347 g/mol. The zero-order chi connectivity index (χ0) is 17.6. The van der Waals surface area contributed by atoms with Gasteiger partial charge in [0.1, 0.15) is 24.1 Å². The molecule has 0 spiro atoms. The first-order valence-electron chi connectivity index (χ1n) is 8.22. The normalized spacial score (nSPS) is 30.4. The van der Waals surface area contributed by atoms with E-state index in [1.807, 2.05) is 4.90 Å². The molecule has 3 unspecified atom stereocenters. The number of aliphatic hydroxyl groups excluding tert-OH is 1. The van der Waals surface area contributed by atoms with Crippen molar-refractivity contribution >= 4 is 0 Å². The van der Waals surface area contributed by atoms with Crippen LogP contribution in [0.4, 0.5) is 8.78 Å². The van der Waals surface area contributed by atoms with Crippen molar-refractivity contribution < 1.29 is 23.4 Å². The van der Waals surface area contributed by atoms with E-state index in [9.17, 15) is 13.9 Å². The number of aliphatic hydroxyl groups is 1. The summed E-state index contributed by atoms with van der Waals surface area (Å²) in [6.07, 6.45) is -1.90. The molecule has 2 heterocycles. The Bertz CT molecular complexity index is 725. The first-order valence-corrected chi connectivity index (χ1v) is 8.22. The van der Waals surface area contributed by atoms with E-state index in [1.165, 1.54) is 24.3 Å². The van der Waals surface area contributed by atoms with Crippen LogP contribution in [0.15, 0.2) is 48.5 Å². The predicted molar refractivity (Wildman–Crippen MR) is 86.4 cm³/mol. The van der Waals surface area contributed by atoms with E-state index >= 15 is 0 Å². The van der Waals surface area contributed by atoms with Crippen molar-refractivity contribution in [1.29, 1.82) is 0 Å². The lowest BCUT2D eigenvalue weighted by Gasteiger charge is -2.36. The highest BCUT2D eigenvalue weighted by Gasteiger charge is 2.59. The fourth-order valence-corrected chi connectivity index (χ4v) is 3.68. The molecule has 25 heavy (non-hydrogen) atoms. The average Bonchev–Trinajstić information content (AvgIpc) is 3.13. The molecular weight excluding hydrogens is 328 g/mol. The van der Waals surface area contributed by atoms with Crippen LogP contribution >= 0.6 is 0 Å². The highest BCUT2D eigenvalue weighted by Crippen LogP contribution is 2.50. The second-order valence-corrected chi connectivity index (χ2v) is 6.62. The summed E-state index contributed by atoms with van der Waals surface area (Å²) in [5.41, 5.74) is 0.511. The summed E-state index contributed by atoms with van der Waals surface area (Å²) in [6.45, 7) is 2.18. The van der Waals surface area contributed by atoms with E-state index in [1.54, 1.807) is 31.2 Å². The maximum atomic E-state index is 13.7. The predicted octanol–water partition coefficient (Wildman–Crippen LogP) is 3.14. The molecule has 132 valence electrons. The van der Waals surface area contributed by atoms with Crippen LogP contribution in [0.1, 0.15) is 30.5 Å². The maximum Gasteiger partial charge on any atom is 0.139 e. The number of hydrogen-bond donors (Lipinski definition) is 1. The van der Waals surface area contributed by atoms with Crippen molar-refractivity contribution in [2.45, 2.75) is 31.0 Å². The van der Waals surface area contributed by atoms with Crippen LogP contribution in [-0.4, -0.2) is 34.9 Å². The van der Waals surface area contributed by atoms with Gasteiger partial charge in [-0.25, -0.2) is 13.7 Å². The standard InChI is InChI=1S/C19H19F2NO3/c1-12(23)19-10-24-17(13-4-2-6-15(20)8-13)22(19)18(25-11-19)14-5-3-7-16(21)9-14/h2-9,12,17-18,23H,10-11H2,1H3. The lowest BCUT2D eigenvalue weighted by atomic mass is 9.94. The fourth-order valence-electron chi connectivity index (χ4n) is 3.68. The second-order valence-electron chi connectivity index (χ2n) is 6.62. The summed E-state index contributed by atoms with van der Waals surface area (Å²) >= 11 is 0. The molecule has 0 saturated carbocycles. The lowest BCUT2D eigenvalue weighted by Crippen LogP contribution is -2.52. The highest BCUT2D eigenvalue weighted by molar-refractivity contribution is 5.26. The Hall–Kier alpha value is -1.86. The van der Waals surface area contributed by atoms with Crippen LogP contribution in [0.5, 0.6) is 0 Å². The summed E-state index contributed by atoms with van der Waals surface area (Å²) in [5.74, 6) is -0.726. The number of ether oxygens (including phenoxy) is 2. The van der Waals surface area contributed by atoms with Gasteiger partial charge in [-0.05, 0) is 42.3 Å². The number of nitrogens with zero attached hydrogens (tertiary/aromatic N) is 1. The number of fused-ring (bicyclic) bond motifs is 1. The highest BCUT2D eigenvalue weighted by atomic mass is 19.1. The molecule has 2 saturated heterocycles. The van der Waals surface area contributed by atoms with Gasteiger partial charge in [-0.1, -0.05) is 24.3 Å². The van der Waals surface area contributed by atoms with E-state index in [-0.39, 0.29) is 24.8 Å². The zero-order valence-electron chi connectivity index (χ0n) is 13.7. The first-order chi connectivity index (χ1) is 12.0. The van der Waals surface area contributed by atoms with Gasteiger partial charge in [0.25, 0.3) is 0 Å². The van der Waals surface area contributed by atoms with Crippen LogP contribution in [0.25, 0.3) is 0 Å². The third-order valence-electron chi connectivity index (χ3n) is 5.05. The van der Waals surface area contributed by atoms with Gasteiger partial charge in [0.2, 0.25) is 0 Å². The molecule has 2 aliphatic rings. The van der Waals surface area contributed by atoms with Gasteiger partial charge >= 0.3 is 0 Å². The van der Waals surface area contributed by atoms with Gasteiger partial charge in [-0.3, -0.25) is 0 Å². The van der Waals surface area contributed by atoms with Crippen LogP contribution < -0.4 is 0 Å². The minimum absolute atomic E-state index is 0.248. The Morgan fingerprint density at radius 3 is 1.88 bits per heavy atom. The van der Waals surface area contributed by atoms with Crippen molar-refractivity contribution in [3.8, 4) is 0 Å². The molecule has 0 radical (unpaired) electrons. The largest absolute Gasteiger partial charge is 0.391 e. The van der Waals surface area contributed by atoms with Gasteiger partial charge in [-0.15, -0.1) is 0 Å². The number of halogens is 2. The van der Waals surface area contributed by atoms with E-state index in [4.69, 9.17) is 9.47 Å². The summed E-state index contributed by atoms with van der Waals surface area (Å²) in [5, 5.41) is 10.4. The third-order valence-corrected chi connectivity index (χ3v) is 5.05. The van der Waals surface area contributed by atoms with Crippen LogP contribution in [-0.2, 0) is 9.47 Å². The molecule has 3 atom stereocenters. The molecule has 4 rings (SSSR count). The van der Waals surface area contributed by atoms with Gasteiger partial charge in [0.05, 0.1) is 24.9 Å². The molecule has 0 amide bonds.